The average molecular weight is 410 g/mol. The van der Waals surface area contributed by atoms with Crippen molar-refractivity contribution in [3.8, 4) is 0 Å². The lowest BCUT2D eigenvalue weighted by Crippen LogP contribution is -2.25. The van der Waals surface area contributed by atoms with Gasteiger partial charge in [-0.05, 0) is 29.8 Å². The topological polar surface area (TPSA) is 91.0 Å². The zero-order chi connectivity index (χ0) is 20.2. The Morgan fingerprint density at radius 3 is 2.76 bits per heavy atom. The van der Waals surface area contributed by atoms with Crippen LogP contribution in [-0.2, 0) is 17.9 Å². The van der Waals surface area contributed by atoms with E-state index in [1.54, 1.807) is 11.1 Å². The van der Waals surface area contributed by atoms with E-state index < -0.39 is 0 Å². The molecule has 0 saturated carbocycles. The fourth-order valence-corrected chi connectivity index (χ4v) is 3.49. The highest BCUT2D eigenvalue weighted by atomic mass is 35.5. The third kappa shape index (κ3) is 4.81. The van der Waals surface area contributed by atoms with Crippen molar-refractivity contribution in [1.29, 1.82) is 0 Å². The summed E-state index contributed by atoms with van der Waals surface area (Å²) in [5.74, 6) is 0.307. The van der Waals surface area contributed by atoms with Gasteiger partial charge in [0.2, 0.25) is 11.9 Å². The second kappa shape index (κ2) is 8.45. The van der Waals surface area contributed by atoms with Crippen LogP contribution in [-0.4, -0.2) is 32.3 Å². The molecular weight excluding hydrogens is 390 g/mol. The largest absolute Gasteiger partial charge is 0.352 e. The number of likely N-dealkylation sites (tertiary alicyclic amines) is 1. The number of rotatable bonds is 6. The van der Waals surface area contributed by atoms with Crippen LogP contribution < -0.4 is 10.9 Å². The van der Waals surface area contributed by atoms with E-state index in [1.165, 1.54) is 6.07 Å². The van der Waals surface area contributed by atoms with Crippen LogP contribution in [0.2, 0.25) is 5.02 Å². The average Bonchev–Trinajstić information content (AvgIpc) is 3.08. The molecule has 3 aromatic rings. The first-order valence-electron chi connectivity index (χ1n) is 9.34. The molecule has 1 amide bonds. The number of hydrogen-bond acceptors (Lipinski definition) is 5. The van der Waals surface area contributed by atoms with Gasteiger partial charge < -0.3 is 10.2 Å². The van der Waals surface area contributed by atoms with Crippen LogP contribution in [0, 0.1) is 0 Å². The van der Waals surface area contributed by atoms with E-state index >= 15 is 0 Å². The van der Waals surface area contributed by atoms with Gasteiger partial charge in [-0.2, -0.15) is 0 Å². The van der Waals surface area contributed by atoms with E-state index in [4.69, 9.17) is 11.6 Å². The summed E-state index contributed by atoms with van der Waals surface area (Å²) < 4.78 is 0. The quantitative estimate of drug-likeness (QED) is 0.653. The standard InChI is InChI=1S/C21H20ClN5O2/c22-16-6-4-14(5-7-16)11-24-21-25-18(10-19(28)26-21)15-9-20(29)27(12-15)13-17-3-1-2-8-23-17/h1-8,10,15H,9,11-13H2,(H2,24,25,26,28)/t15-/m0/s1. The third-order valence-electron chi connectivity index (χ3n) is 4.85. The van der Waals surface area contributed by atoms with Crippen LogP contribution in [0.25, 0.3) is 0 Å². The summed E-state index contributed by atoms with van der Waals surface area (Å²) in [4.78, 5) is 37.8. The van der Waals surface area contributed by atoms with Gasteiger partial charge in [0.15, 0.2) is 0 Å². The van der Waals surface area contributed by atoms with Crippen LogP contribution in [0.4, 0.5) is 5.95 Å². The lowest BCUT2D eigenvalue weighted by Gasteiger charge is -2.16. The minimum atomic E-state index is -0.246. The molecule has 1 fully saturated rings. The number of pyridine rings is 1. The van der Waals surface area contributed by atoms with Crippen molar-refractivity contribution in [1.82, 2.24) is 19.9 Å². The zero-order valence-electron chi connectivity index (χ0n) is 15.6. The highest BCUT2D eigenvalue weighted by Crippen LogP contribution is 2.27. The number of aromatic nitrogens is 3. The van der Waals surface area contributed by atoms with Crippen molar-refractivity contribution >= 4 is 23.5 Å². The predicted octanol–water partition coefficient (Wildman–Crippen LogP) is 2.95. The van der Waals surface area contributed by atoms with Gasteiger partial charge in [-0.15, -0.1) is 0 Å². The lowest BCUT2D eigenvalue weighted by molar-refractivity contribution is -0.128. The van der Waals surface area contributed by atoms with E-state index in [9.17, 15) is 9.59 Å². The summed E-state index contributed by atoms with van der Waals surface area (Å²) in [6, 6.07) is 14.5. The van der Waals surface area contributed by atoms with E-state index in [1.807, 2.05) is 42.5 Å². The fourth-order valence-electron chi connectivity index (χ4n) is 3.37. The maximum Gasteiger partial charge on any atom is 0.252 e. The van der Waals surface area contributed by atoms with Crippen molar-refractivity contribution in [3.63, 3.8) is 0 Å². The Bertz CT molecular complexity index is 1050. The number of amides is 1. The van der Waals surface area contributed by atoms with Crippen molar-refractivity contribution in [2.45, 2.75) is 25.4 Å². The molecule has 1 aromatic carbocycles. The molecule has 1 aliphatic heterocycles. The van der Waals surface area contributed by atoms with E-state index in [2.05, 4.69) is 20.3 Å². The summed E-state index contributed by atoms with van der Waals surface area (Å²) in [6.45, 7) is 1.47. The molecule has 1 aliphatic rings. The van der Waals surface area contributed by atoms with Gasteiger partial charge in [-0.25, -0.2) is 4.98 Å². The summed E-state index contributed by atoms with van der Waals surface area (Å²) in [5, 5.41) is 3.80. The molecule has 0 aliphatic carbocycles. The minimum absolute atomic E-state index is 0.0402. The number of halogens is 1. The van der Waals surface area contributed by atoms with Crippen molar-refractivity contribution < 1.29 is 4.79 Å². The van der Waals surface area contributed by atoms with E-state index in [-0.39, 0.29) is 17.4 Å². The zero-order valence-corrected chi connectivity index (χ0v) is 16.4. The van der Waals surface area contributed by atoms with Crippen LogP contribution in [0.15, 0.2) is 59.5 Å². The Labute approximate surface area is 172 Å². The number of benzene rings is 1. The molecule has 148 valence electrons. The Balaban J connectivity index is 1.45. The van der Waals surface area contributed by atoms with Gasteiger partial charge in [0, 0.05) is 42.7 Å². The number of nitrogens with zero attached hydrogens (tertiary/aromatic N) is 3. The van der Waals surface area contributed by atoms with Crippen LogP contribution in [0.5, 0.6) is 0 Å². The van der Waals surface area contributed by atoms with Crippen LogP contribution >= 0.6 is 11.6 Å². The van der Waals surface area contributed by atoms with Gasteiger partial charge in [-0.3, -0.25) is 19.6 Å². The van der Waals surface area contributed by atoms with Crippen LogP contribution in [0.3, 0.4) is 0 Å². The number of anilines is 1. The molecule has 8 heteroatoms. The summed E-state index contributed by atoms with van der Waals surface area (Å²) >= 11 is 5.90. The maximum absolute atomic E-state index is 12.4. The van der Waals surface area contributed by atoms with Crippen molar-refractivity contribution in [2.24, 2.45) is 0 Å². The second-order valence-corrected chi connectivity index (χ2v) is 7.43. The third-order valence-corrected chi connectivity index (χ3v) is 5.10. The number of hydrogen-bond donors (Lipinski definition) is 2. The second-order valence-electron chi connectivity index (χ2n) is 7.00. The van der Waals surface area contributed by atoms with Gasteiger partial charge in [0.25, 0.3) is 5.56 Å². The van der Waals surface area contributed by atoms with E-state index in [0.29, 0.717) is 42.7 Å². The lowest BCUT2D eigenvalue weighted by atomic mass is 10.0. The first kappa shape index (κ1) is 19.1. The van der Waals surface area contributed by atoms with Gasteiger partial charge >= 0.3 is 0 Å². The normalized spacial score (nSPS) is 16.2. The molecule has 3 heterocycles. The molecule has 1 saturated heterocycles. The highest BCUT2D eigenvalue weighted by Gasteiger charge is 2.32. The van der Waals surface area contributed by atoms with Gasteiger partial charge in [0.05, 0.1) is 17.9 Å². The molecule has 7 nitrogen and oxygen atoms in total. The first-order valence-corrected chi connectivity index (χ1v) is 9.72. The van der Waals surface area contributed by atoms with Crippen LogP contribution in [0.1, 0.15) is 29.3 Å². The molecule has 4 rings (SSSR count). The molecule has 29 heavy (non-hydrogen) atoms. The molecule has 0 spiro atoms. The molecule has 0 unspecified atom stereocenters. The van der Waals surface area contributed by atoms with E-state index in [0.717, 1.165) is 11.3 Å². The number of carbonyl (C=O) groups is 1. The van der Waals surface area contributed by atoms with Gasteiger partial charge in [-0.1, -0.05) is 29.8 Å². The maximum atomic E-state index is 12.4. The molecule has 2 N–H and O–H groups in total. The first-order chi connectivity index (χ1) is 14.1. The molecule has 1 atom stereocenters. The number of nitrogens with one attached hydrogen (secondary N) is 2. The SMILES string of the molecule is O=C1C[C@H](c2cc(=O)[nH]c(NCc3ccc(Cl)cc3)n2)CN1Cc1ccccn1. The number of aromatic amines is 1. The van der Waals surface area contributed by atoms with Crippen molar-refractivity contribution in [3.05, 3.63) is 87.1 Å². The Morgan fingerprint density at radius 1 is 1.17 bits per heavy atom. The molecule has 0 bridgehead atoms. The number of carbonyl (C=O) groups excluding carboxylic acids is 1. The fraction of sp³-hybridized carbons (Fsp3) is 0.238. The minimum Gasteiger partial charge on any atom is -0.352 e. The molecule has 0 radical (unpaired) electrons. The summed E-state index contributed by atoms with van der Waals surface area (Å²) in [7, 11) is 0. The molecular formula is C21H20ClN5O2. The summed E-state index contributed by atoms with van der Waals surface area (Å²) in [5.41, 5.74) is 2.22. The van der Waals surface area contributed by atoms with Crippen molar-refractivity contribution in [2.75, 3.05) is 11.9 Å². The Hall–Kier alpha value is -3.19. The number of H-pyrrole nitrogens is 1. The monoisotopic (exact) mass is 409 g/mol. The smallest absolute Gasteiger partial charge is 0.252 e. The Morgan fingerprint density at radius 2 is 2.00 bits per heavy atom. The van der Waals surface area contributed by atoms with Gasteiger partial charge in [0.1, 0.15) is 0 Å². The predicted molar refractivity (Wildman–Crippen MR) is 111 cm³/mol. The highest BCUT2D eigenvalue weighted by molar-refractivity contribution is 6.30. The summed E-state index contributed by atoms with van der Waals surface area (Å²) in [6.07, 6.45) is 2.05. The molecule has 2 aromatic heterocycles. The Kier molecular flexibility index (Phi) is 5.57.